The van der Waals surface area contributed by atoms with E-state index in [1.807, 2.05) is 18.2 Å². The number of thiazole rings is 1. The van der Waals surface area contributed by atoms with E-state index < -0.39 is 17.6 Å². The van der Waals surface area contributed by atoms with Crippen LogP contribution in [0.2, 0.25) is 0 Å². The van der Waals surface area contributed by atoms with Crippen LogP contribution in [0, 0.1) is 0 Å². The molecule has 6 nitrogen and oxygen atoms in total. The molecule has 0 aliphatic rings. The van der Waals surface area contributed by atoms with E-state index in [9.17, 15) is 18.0 Å². The highest BCUT2D eigenvalue weighted by Crippen LogP contribution is 2.30. The Labute approximate surface area is 260 Å². The lowest BCUT2D eigenvalue weighted by molar-refractivity contribution is -0.137. The van der Waals surface area contributed by atoms with Crippen LogP contribution < -0.4 is 14.8 Å². The maximum Gasteiger partial charge on any atom is 0.416 e. The Morgan fingerprint density at radius 3 is 2.23 bits per heavy atom. The third-order valence-electron chi connectivity index (χ3n) is 7.24. The number of nitrogens with one attached hydrogen (secondary N) is 1. The number of nitrogens with zero attached hydrogens (tertiary/aromatic N) is 2. The van der Waals surface area contributed by atoms with Crippen LogP contribution in [0.5, 0.6) is 11.5 Å². The van der Waals surface area contributed by atoms with Gasteiger partial charge in [0.1, 0.15) is 10.7 Å². The largest absolute Gasteiger partial charge is 0.493 e. The number of alkyl halides is 3. The van der Waals surface area contributed by atoms with E-state index in [1.165, 1.54) is 28.5 Å². The molecule has 0 atom stereocenters. The van der Waals surface area contributed by atoms with Gasteiger partial charge in [0.2, 0.25) is 0 Å². The van der Waals surface area contributed by atoms with Crippen molar-refractivity contribution in [3.63, 3.8) is 0 Å². The highest BCUT2D eigenvalue weighted by atomic mass is 32.1. The molecule has 44 heavy (non-hydrogen) atoms. The number of amides is 1. The Morgan fingerprint density at radius 1 is 0.864 bits per heavy atom. The quantitative estimate of drug-likeness (QED) is 0.175. The van der Waals surface area contributed by atoms with E-state index in [0.717, 1.165) is 35.7 Å². The molecule has 1 aromatic heterocycles. The number of benzene rings is 3. The molecular formula is C34H38F3N3O3S. The number of carbonyl (C=O) groups excluding carboxylic acids is 1. The van der Waals surface area contributed by atoms with Crippen molar-refractivity contribution >= 4 is 17.2 Å². The fraction of sp³-hybridized carbons (Fsp3) is 0.353. The van der Waals surface area contributed by atoms with Crippen molar-refractivity contribution in [2.75, 3.05) is 20.8 Å². The molecule has 0 saturated carbocycles. The Kier molecular flexibility index (Phi) is 10.7. The van der Waals surface area contributed by atoms with Gasteiger partial charge < -0.3 is 14.8 Å². The van der Waals surface area contributed by atoms with Gasteiger partial charge in [0.05, 0.1) is 26.3 Å². The van der Waals surface area contributed by atoms with E-state index in [2.05, 4.69) is 60.2 Å². The first-order valence-corrected chi connectivity index (χ1v) is 15.1. The van der Waals surface area contributed by atoms with E-state index in [0.29, 0.717) is 30.2 Å². The number of methoxy groups -OCH3 is 2. The van der Waals surface area contributed by atoms with Gasteiger partial charge in [-0.3, -0.25) is 9.69 Å². The summed E-state index contributed by atoms with van der Waals surface area (Å²) in [4.78, 5) is 19.6. The van der Waals surface area contributed by atoms with Crippen LogP contribution >= 0.6 is 11.3 Å². The minimum atomic E-state index is -4.44. The topological polar surface area (TPSA) is 63.7 Å². The van der Waals surface area contributed by atoms with Gasteiger partial charge in [-0.15, -0.1) is 11.3 Å². The summed E-state index contributed by atoms with van der Waals surface area (Å²) in [5.41, 5.74) is 3.45. The fourth-order valence-corrected chi connectivity index (χ4v) is 5.53. The minimum Gasteiger partial charge on any atom is -0.493 e. The predicted molar refractivity (Wildman–Crippen MR) is 167 cm³/mol. The zero-order valence-electron chi connectivity index (χ0n) is 25.6. The first-order valence-electron chi connectivity index (χ1n) is 14.3. The van der Waals surface area contributed by atoms with Gasteiger partial charge >= 0.3 is 6.18 Å². The molecule has 4 aromatic rings. The van der Waals surface area contributed by atoms with Crippen LogP contribution in [0.3, 0.4) is 0 Å². The van der Waals surface area contributed by atoms with Crippen molar-refractivity contribution in [1.29, 1.82) is 0 Å². The molecule has 0 radical (unpaired) electrons. The number of carbonyl (C=O) groups is 1. The standard InChI is InChI=1S/C34H38F3N3O3S/c1-33(2,3)26-12-9-24(10-13-26)20-40(16-15-23-11-14-29(42-4)30(18-23)43-5)21-31-39-28(22-44-31)32(41)38-19-25-7-6-8-27(17-25)34(35,36)37/h6-14,17-18,22H,15-16,19-21H2,1-5H3,(H,38,41). The summed E-state index contributed by atoms with van der Waals surface area (Å²) in [6, 6.07) is 19.5. The Bertz CT molecular complexity index is 1550. The maximum absolute atomic E-state index is 13.0. The minimum absolute atomic E-state index is 0.0301. The molecule has 0 saturated heterocycles. The first-order chi connectivity index (χ1) is 20.9. The molecule has 1 N–H and O–H groups in total. The average molecular weight is 626 g/mol. The monoisotopic (exact) mass is 625 g/mol. The number of aromatic nitrogens is 1. The third kappa shape index (κ3) is 9.06. The molecule has 0 aliphatic heterocycles. The van der Waals surface area contributed by atoms with Crippen molar-refractivity contribution in [1.82, 2.24) is 15.2 Å². The molecule has 10 heteroatoms. The third-order valence-corrected chi connectivity index (χ3v) is 8.08. The second kappa shape index (κ2) is 14.3. The van der Waals surface area contributed by atoms with Crippen LogP contribution in [0.1, 0.15) is 64.1 Å². The lowest BCUT2D eigenvalue weighted by atomic mass is 9.87. The molecule has 4 rings (SSSR count). The van der Waals surface area contributed by atoms with Gasteiger partial charge in [0.15, 0.2) is 11.5 Å². The van der Waals surface area contributed by atoms with E-state index in [1.54, 1.807) is 25.7 Å². The van der Waals surface area contributed by atoms with Gasteiger partial charge in [-0.2, -0.15) is 13.2 Å². The van der Waals surface area contributed by atoms with Crippen LogP contribution in [0.4, 0.5) is 13.2 Å². The zero-order valence-corrected chi connectivity index (χ0v) is 26.4. The van der Waals surface area contributed by atoms with Gasteiger partial charge in [0, 0.05) is 25.0 Å². The smallest absolute Gasteiger partial charge is 0.416 e. The van der Waals surface area contributed by atoms with Crippen molar-refractivity contribution in [2.24, 2.45) is 0 Å². The first kappa shape index (κ1) is 33.0. The molecule has 0 aliphatic carbocycles. The second-order valence-electron chi connectivity index (χ2n) is 11.6. The van der Waals surface area contributed by atoms with E-state index in [4.69, 9.17) is 9.47 Å². The van der Waals surface area contributed by atoms with Gasteiger partial charge in [0.25, 0.3) is 5.91 Å². The molecule has 234 valence electrons. The zero-order chi connectivity index (χ0) is 31.9. The van der Waals surface area contributed by atoms with Gasteiger partial charge in [-0.05, 0) is 58.4 Å². The summed E-state index contributed by atoms with van der Waals surface area (Å²) in [5.74, 6) is 0.920. The van der Waals surface area contributed by atoms with Crippen LogP contribution in [0.25, 0.3) is 0 Å². The van der Waals surface area contributed by atoms with Crippen molar-refractivity contribution in [2.45, 2.75) is 58.4 Å². The van der Waals surface area contributed by atoms with Gasteiger partial charge in [-0.1, -0.05) is 63.2 Å². The molecule has 3 aromatic carbocycles. The van der Waals surface area contributed by atoms with Crippen molar-refractivity contribution in [3.8, 4) is 11.5 Å². The molecule has 0 fully saturated rings. The van der Waals surface area contributed by atoms with Gasteiger partial charge in [-0.25, -0.2) is 4.98 Å². The number of ether oxygens (including phenoxy) is 2. The normalized spacial score (nSPS) is 11.9. The van der Waals surface area contributed by atoms with Crippen molar-refractivity contribution in [3.05, 3.63) is 111 Å². The number of hydrogen-bond donors (Lipinski definition) is 1. The highest BCUT2D eigenvalue weighted by molar-refractivity contribution is 7.09. The maximum atomic E-state index is 13.0. The molecule has 0 spiro atoms. The van der Waals surface area contributed by atoms with Crippen LogP contribution in [0.15, 0.2) is 72.1 Å². The van der Waals surface area contributed by atoms with Crippen molar-refractivity contribution < 1.29 is 27.4 Å². The summed E-state index contributed by atoms with van der Waals surface area (Å²) >= 11 is 1.38. The average Bonchev–Trinajstić information content (AvgIpc) is 3.46. The SMILES string of the molecule is COc1ccc(CCN(Cc2ccc(C(C)(C)C)cc2)Cc2nc(C(=O)NCc3cccc(C(F)(F)F)c3)cs2)cc1OC. The Morgan fingerprint density at radius 2 is 1.57 bits per heavy atom. The molecule has 0 unspecified atom stereocenters. The fourth-order valence-electron chi connectivity index (χ4n) is 4.72. The number of hydrogen-bond acceptors (Lipinski definition) is 6. The summed E-state index contributed by atoms with van der Waals surface area (Å²) in [7, 11) is 3.23. The number of rotatable bonds is 12. The van der Waals surface area contributed by atoms with Crippen LogP contribution in [-0.4, -0.2) is 36.6 Å². The Hall–Kier alpha value is -3.89. The highest BCUT2D eigenvalue weighted by Gasteiger charge is 2.30. The molecule has 1 amide bonds. The summed E-state index contributed by atoms with van der Waals surface area (Å²) in [5, 5.41) is 5.14. The molecule has 0 bridgehead atoms. The molecular weight excluding hydrogens is 587 g/mol. The number of halogens is 3. The van der Waals surface area contributed by atoms with E-state index in [-0.39, 0.29) is 17.7 Å². The lowest BCUT2D eigenvalue weighted by Crippen LogP contribution is -2.26. The van der Waals surface area contributed by atoms with E-state index >= 15 is 0 Å². The Balaban J connectivity index is 1.45. The predicted octanol–water partition coefficient (Wildman–Crippen LogP) is 7.65. The molecule has 1 heterocycles. The van der Waals surface area contributed by atoms with Crippen LogP contribution in [-0.2, 0) is 37.6 Å². The lowest BCUT2D eigenvalue weighted by Gasteiger charge is -2.23. The summed E-state index contributed by atoms with van der Waals surface area (Å²) < 4.78 is 50.0. The summed E-state index contributed by atoms with van der Waals surface area (Å²) in [6.07, 6.45) is -3.68. The second-order valence-corrected chi connectivity index (χ2v) is 12.5. The summed E-state index contributed by atoms with van der Waals surface area (Å²) in [6.45, 7) is 8.48.